The van der Waals surface area contributed by atoms with Gasteiger partial charge in [-0.25, -0.2) is 4.79 Å². The molecule has 1 fully saturated rings. The lowest BCUT2D eigenvalue weighted by molar-refractivity contribution is -0.144. The lowest BCUT2D eigenvalue weighted by atomic mass is 10.1. The van der Waals surface area contributed by atoms with E-state index in [0.29, 0.717) is 25.1 Å². The molecule has 1 heterocycles. The molecular formula is C26H31N3O5S. The van der Waals surface area contributed by atoms with E-state index in [2.05, 4.69) is 10.6 Å². The number of carboxylic acid groups (broad SMARTS) is 1. The predicted octanol–water partition coefficient (Wildman–Crippen LogP) is 3.70. The van der Waals surface area contributed by atoms with Crippen molar-refractivity contribution in [3.8, 4) is 0 Å². The molecule has 0 spiro atoms. The molecule has 0 aliphatic carbocycles. The highest BCUT2D eigenvalue weighted by Gasteiger charge is 2.37. The lowest BCUT2D eigenvalue weighted by Crippen LogP contribution is -2.52. The molecule has 3 atom stereocenters. The van der Waals surface area contributed by atoms with Gasteiger partial charge in [0.15, 0.2) is 0 Å². The Kier molecular flexibility index (Phi) is 9.31. The normalized spacial score (nSPS) is 16.9. The van der Waals surface area contributed by atoms with Gasteiger partial charge in [0.2, 0.25) is 11.8 Å². The van der Waals surface area contributed by atoms with E-state index in [4.69, 9.17) is 0 Å². The minimum Gasteiger partial charge on any atom is -0.480 e. The van der Waals surface area contributed by atoms with Crippen molar-refractivity contribution in [3.05, 3.63) is 65.7 Å². The largest absolute Gasteiger partial charge is 0.480 e. The highest BCUT2D eigenvalue weighted by molar-refractivity contribution is 8.13. The quantitative estimate of drug-likeness (QED) is 0.487. The Morgan fingerprint density at radius 2 is 1.77 bits per heavy atom. The molecule has 1 aliphatic rings. The van der Waals surface area contributed by atoms with Gasteiger partial charge in [-0.15, -0.1) is 0 Å². The molecule has 3 rings (SSSR count). The van der Waals surface area contributed by atoms with Gasteiger partial charge in [0.1, 0.15) is 12.1 Å². The van der Waals surface area contributed by atoms with Crippen molar-refractivity contribution in [3.63, 3.8) is 0 Å². The summed E-state index contributed by atoms with van der Waals surface area (Å²) in [5.41, 5.74) is 2.58. The van der Waals surface area contributed by atoms with Crippen LogP contribution in [0.25, 0.3) is 0 Å². The Morgan fingerprint density at radius 3 is 2.43 bits per heavy atom. The molecular weight excluding hydrogens is 466 g/mol. The van der Waals surface area contributed by atoms with Crippen molar-refractivity contribution in [2.24, 2.45) is 5.92 Å². The highest BCUT2D eigenvalue weighted by atomic mass is 32.2. The first-order valence-electron chi connectivity index (χ1n) is 11.6. The second kappa shape index (κ2) is 12.4. The Labute approximate surface area is 209 Å². The monoisotopic (exact) mass is 497 g/mol. The van der Waals surface area contributed by atoms with Gasteiger partial charge in [0.25, 0.3) is 5.24 Å². The summed E-state index contributed by atoms with van der Waals surface area (Å²) < 4.78 is 0. The fraction of sp³-hybridized carbons (Fsp3) is 0.385. The molecule has 0 saturated carbocycles. The number of nitrogens with zero attached hydrogens (tertiary/aromatic N) is 1. The van der Waals surface area contributed by atoms with Gasteiger partial charge in [-0.2, -0.15) is 0 Å². The van der Waals surface area contributed by atoms with Crippen LogP contribution in [0.5, 0.6) is 0 Å². The molecule has 1 unspecified atom stereocenters. The number of carboxylic acids is 1. The fourth-order valence-corrected chi connectivity index (χ4v) is 4.70. The fourth-order valence-electron chi connectivity index (χ4n) is 3.97. The Bertz CT molecular complexity index is 1040. The van der Waals surface area contributed by atoms with Crippen LogP contribution in [0.2, 0.25) is 0 Å². The maximum absolute atomic E-state index is 13.1. The Hall–Kier alpha value is -3.33. The molecule has 0 radical (unpaired) electrons. The second-order valence-corrected chi connectivity index (χ2v) is 9.76. The number of anilines is 1. The number of aryl methyl sites for hydroxylation is 1. The first-order chi connectivity index (χ1) is 16.7. The van der Waals surface area contributed by atoms with Gasteiger partial charge in [-0.1, -0.05) is 66.7 Å². The van der Waals surface area contributed by atoms with Crippen LogP contribution in [0.4, 0.5) is 10.5 Å². The zero-order valence-electron chi connectivity index (χ0n) is 19.9. The van der Waals surface area contributed by atoms with Crippen LogP contribution in [0, 0.1) is 12.8 Å². The van der Waals surface area contributed by atoms with Crippen LogP contribution in [0.3, 0.4) is 0 Å². The number of aliphatic carboxylic acids is 1. The summed E-state index contributed by atoms with van der Waals surface area (Å²) in [5, 5.41) is 14.7. The Morgan fingerprint density at radius 1 is 1.09 bits per heavy atom. The third-order valence-electron chi connectivity index (χ3n) is 5.92. The number of thioether (sulfide) groups is 1. The Balaban J connectivity index is 1.53. The first kappa shape index (κ1) is 26.3. The molecule has 0 bridgehead atoms. The van der Waals surface area contributed by atoms with E-state index in [1.165, 1.54) is 4.90 Å². The topological polar surface area (TPSA) is 116 Å². The molecule has 3 amide bonds. The number of nitrogens with one attached hydrogen (secondary N) is 2. The first-order valence-corrected chi connectivity index (χ1v) is 12.6. The van der Waals surface area contributed by atoms with Crippen molar-refractivity contribution >= 4 is 40.5 Å². The van der Waals surface area contributed by atoms with Crippen molar-refractivity contribution in [1.82, 2.24) is 10.2 Å². The third-order valence-corrected chi connectivity index (χ3v) is 6.95. The third kappa shape index (κ3) is 7.58. The van der Waals surface area contributed by atoms with E-state index in [9.17, 15) is 24.3 Å². The summed E-state index contributed by atoms with van der Waals surface area (Å²) >= 11 is 1.02. The van der Waals surface area contributed by atoms with Gasteiger partial charge in [-0.05, 0) is 37.5 Å². The average Bonchev–Trinajstić information content (AvgIpc) is 3.34. The van der Waals surface area contributed by atoms with E-state index in [0.717, 1.165) is 22.9 Å². The molecule has 9 heteroatoms. The summed E-state index contributed by atoms with van der Waals surface area (Å²) in [4.78, 5) is 51.5. The number of hydrogen-bond donors (Lipinski definition) is 3. The summed E-state index contributed by atoms with van der Waals surface area (Å²) in [6, 6.07) is 14.7. The van der Waals surface area contributed by atoms with E-state index in [-0.39, 0.29) is 23.3 Å². The van der Waals surface area contributed by atoms with Gasteiger partial charge >= 0.3 is 5.97 Å². The molecule has 35 heavy (non-hydrogen) atoms. The zero-order chi connectivity index (χ0) is 25.4. The van der Waals surface area contributed by atoms with Crippen molar-refractivity contribution in [1.29, 1.82) is 0 Å². The zero-order valence-corrected chi connectivity index (χ0v) is 20.7. The SMILES string of the molecule is Cc1ccc(NC(=O)SCC(C)C(=O)N2CCC[C@H]2C(=O)N[C@@H](Cc2ccccc2)C(=O)O)cc1. The van der Waals surface area contributed by atoms with Crippen LogP contribution < -0.4 is 10.6 Å². The number of benzene rings is 2. The maximum Gasteiger partial charge on any atom is 0.326 e. The molecule has 0 aromatic heterocycles. The minimum atomic E-state index is -1.12. The molecule has 1 aliphatic heterocycles. The van der Waals surface area contributed by atoms with Crippen molar-refractivity contribution < 1.29 is 24.3 Å². The van der Waals surface area contributed by atoms with Crippen LogP contribution in [0.1, 0.15) is 30.9 Å². The van der Waals surface area contributed by atoms with Crippen LogP contribution >= 0.6 is 11.8 Å². The number of likely N-dealkylation sites (tertiary alicyclic amines) is 1. The summed E-state index contributed by atoms with van der Waals surface area (Å²) in [6.07, 6.45) is 1.29. The van der Waals surface area contributed by atoms with Crippen LogP contribution in [-0.4, -0.2) is 57.4 Å². The van der Waals surface area contributed by atoms with Gasteiger partial charge < -0.3 is 20.6 Å². The molecule has 3 N–H and O–H groups in total. The molecule has 186 valence electrons. The smallest absolute Gasteiger partial charge is 0.326 e. The molecule has 1 saturated heterocycles. The summed E-state index contributed by atoms with van der Waals surface area (Å²) in [5.74, 6) is -2.00. The number of carbonyl (C=O) groups excluding carboxylic acids is 3. The summed E-state index contributed by atoms with van der Waals surface area (Å²) in [6.45, 7) is 4.12. The van der Waals surface area contributed by atoms with E-state index in [1.54, 1.807) is 6.92 Å². The van der Waals surface area contributed by atoms with E-state index in [1.807, 2.05) is 61.5 Å². The van der Waals surface area contributed by atoms with Gasteiger partial charge in [-0.3, -0.25) is 14.4 Å². The standard InChI is InChI=1S/C26H31N3O5S/c1-17-10-12-20(13-11-17)27-26(34)35-16-18(2)24(31)29-14-6-9-22(29)23(30)28-21(25(32)33)15-19-7-4-3-5-8-19/h3-5,7-8,10-13,18,21-22H,6,9,14-16H2,1-2H3,(H,27,34)(H,28,30)(H,32,33)/t18?,21-,22-/m0/s1. The molecule has 2 aromatic carbocycles. The van der Waals surface area contributed by atoms with Crippen LogP contribution in [0.15, 0.2) is 54.6 Å². The van der Waals surface area contributed by atoms with Crippen molar-refractivity contribution in [2.75, 3.05) is 17.6 Å². The number of hydrogen-bond acceptors (Lipinski definition) is 5. The van der Waals surface area contributed by atoms with Gasteiger partial charge in [0.05, 0.1) is 0 Å². The predicted molar refractivity (Wildman–Crippen MR) is 136 cm³/mol. The number of rotatable bonds is 9. The van der Waals surface area contributed by atoms with E-state index < -0.39 is 29.9 Å². The molecule has 2 aromatic rings. The second-order valence-electron chi connectivity index (χ2n) is 8.77. The van der Waals surface area contributed by atoms with Crippen LogP contribution in [-0.2, 0) is 20.8 Å². The lowest BCUT2D eigenvalue weighted by Gasteiger charge is -2.27. The van der Waals surface area contributed by atoms with Gasteiger partial charge in [0, 0.05) is 30.3 Å². The summed E-state index contributed by atoms with van der Waals surface area (Å²) in [7, 11) is 0. The maximum atomic E-state index is 13.1. The minimum absolute atomic E-state index is 0.158. The highest BCUT2D eigenvalue weighted by Crippen LogP contribution is 2.23. The number of amides is 3. The number of carbonyl (C=O) groups is 4. The average molecular weight is 498 g/mol. The van der Waals surface area contributed by atoms with E-state index >= 15 is 0 Å². The molecule has 8 nitrogen and oxygen atoms in total. The van der Waals surface area contributed by atoms with Crippen molar-refractivity contribution in [2.45, 2.75) is 45.2 Å².